The van der Waals surface area contributed by atoms with Crippen LogP contribution in [0.2, 0.25) is 0 Å². The molecule has 0 radical (unpaired) electrons. The molecule has 0 aliphatic carbocycles. The Morgan fingerprint density at radius 1 is 1.11 bits per heavy atom. The molecule has 1 atom stereocenters. The lowest BCUT2D eigenvalue weighted by Gasteiger charge is -2.22. The van der Waals surface area contributed by atoms with Crippen molar-refractivity contribution in [1.82, 2.24) is 0 Å². The molecule has 0 saturated carbocycles. The second-order valence-electron chi connectivity index (χ2n) is 4.81. The van der Waals surface area contributed by atoms with Gasteiger partial charge in [-0.2, -0.15) is 0 Å². The number of hydrogen-bond donors (Lipinski definition) is 1. The van der Waals surface area contributed by atoms with Crippen LogP contribution in [0.5, 0.6) is 0 Å². The fourth-order valence-corrected chi connectivity index (χ4v) is 2.47. The largest absolute Gasteiger partial charge is 0.383 e. The summed E-state index contributed by atoms with van der Waals surface area (Å²) < 4.78 is 0. The summed E-state index contributed by atoms with van der Waals surface area (Å²) in [5, 5.41) is 0. The van der Waals surface area contributed by atoms with Gasteiger partial charge in [0.15, 0.2) is 0 Å². The Bertz CT molecular complexity index is 605. The number of benzene rings is 2. The number of nitrogens with two attached hydrogens (primary N) is 1. The van der Waals surface area contributed by atoms with Gasteiger partial charge in [-0.15, -0.1) is 12.4 Å². The fourth-order valence-electron chi connectivity index (χ4n) is 2.47. The molecule has 0 amide bonds. The first-order valence-corrected chi connectivity index (χ1v) is 6.22. The van der Waals surface area contributed by atoms with Gasteiger partial charge < -0.3 is 5.73 Å². The summed E-state index contributed by atoms with van der Waals surface area (Å²) in [6.45, 7) is 2.08. The van der Waals surface area contributed by atoms with E-state index in [9.17, 15) is 0 Å². The van der Waals surface area contributed by atoms with Crippen LogP contribution in [0.4, 0.5) is 0 Å². The molecular weight excluding hydrogens is 256 g/mol. The molecule has 0 fully saturated rings. The molecule has 3 rings (SSSR count). The molecule has 1 aliphatic heterocycles. The molecule has 1 heterocycles. The Kier molecular flexibility index (Phi) is 3.91. The lowest BCUT2D eigenvalue weighted by atomic mass is 9.91. The van der Waals surface area contributed by atoms with Crippen LogP contribution in [-0.2, 0) is 6.42 Å². The van der Waals surface area contributed by atoms with Crippen LogP contribution in [0.25, 0.3) is 0 Å². The SMILES string of the molecule is Cc1ccc2c(c1)C(N)=NC(c1ccccc1)C2.Cl. The van der Waals surface area contributed by atoms with E-state index in [4.69, 9.17) is 5.73 Å². The predicted octanol–water partition coefficient (Wildman–Crippen LogP) is 3.42. The molecular formula is C16H17ClN2. The lowest BCUT2D eigenvalue weighted by molar-refractivity contribution is 0.709. The number of nitrogens with zero attached hydrogens (tertiary/aromatic N) is 1. The molecule has 0 spiro atoms. The third-order valence-corrected chi connectivity index (χ3v) is 3.43. The van der Waals surface area contributed by atoms with E-state index in [2.05, 4.69) is 42.2 Å². The van der Waals surface area contributed by atoms with Gasteiger partial charge >= 0.3 is 0 Å². The van der Waals surface area contributed by atoms with Crippen LogP contribution in [0.3, 0.4) is 0 Å². The highest BCUT2D eigenvalue weighted by molar-refractivity contribution is 6.00. The standard InChI is InChI=1S/C16H16N2.ClH/c1-11-7-8-13-10-15(12-5-3-2-4-6-12)18-16(17)14(13)9-11;/h2-9,15H,10H2,1H3,(H2,17,18);1H. The maximum atomic E-state index is 6.09. The van der Waals surface area contributed by atoms with Crippen molar-refractivity contribution in [1.29, 1.82) is 0 Å². The van der Waals surface area contributed by atoms with E-state index < -0.39 is 0 Å². The summed E-state index contributed by atoms with van der Waals surface area (Å²) in [5.41, 5.74) is 10.9. The minimum absolute atomic E-state index is 0. The normalized spacial score (nSPS) is 17.1. The third kappa shape index (κ3) is 2.64. The summed E-state index contributed by atoms with van der Waals surface area (Å²) in [6.07, 6.45) is 0.931. The molecule has 2 nitrogen and oxygen atoms in total. The Morgan fingerprint density at radius 3 is 2.58 bits per heavy atom. The molecule has 2 aromatic rings. The summed E-state index contributed by atoms with van der Waals surface area (Å²) in [5.74, 6) is 0.661. The van der Waals surface area contributed by atoms with Crippen molar-refractivity contribution in [2.24, 2.45) is 10.7 Å². The molecule has 19 heavy (non-hydrogen) atoms. The lowest BCUT2D eigenvalue weighted by Crippen LogP contribution is -2.23. The molecule has 1 aliphatic rings. The second-order valence-corrected chi connectivity index (χ2v) is 4.81. The first-order chi connectivity index (χ1) is 8.74. The maximum absolute atomic E-state index is 6.09. The highest BCUT2D eigenvalue weighted by Gasteiger charge is 2.20. The predicted molar refractivity (Wildman–Crippen MR) is 82.0 cm³/mol. The van der Waals surface area contributed by atoms with E-state index in [1.54, 1.807) is 0 Å². The van der Waals surface area contributed by atoms with Gasteiger partial charge in [0.1, 0.15) is 5.84 Å². The maximum Gasteiger partial charge on any atom is 0.126 e. The van der Waals surface area contributed by atoms with Crippen LogP contribution in [0.1, 0.15) is 28.3 Å². The van der Waals surface area contributed by atoms with E-state index in [0.717, 1.165) is 12.0 Å². The minimum Gasteiger partial charge on any atom is -0.383 e. The van der Waals surface area contributed by atoms with Crippen molar-refractivity contribution in [3.63, 3.8) is 0 Å². The number of halogens is 1. The zero-order valence-electron chi connectivity index (χ0n) is 10.8. The average molecular weight is 273 g/mol. The van der Waals surface area contributed by atoms with E-state index >= 15 is 0 Å². The summed E-state index contributed by atoms with van der Waals surface area (Å²) in [6, 6.07) is 16.9. The zero-order valence-corrected chi connectivity index (χ0v) is 11.7. The van der Waals surface area contributed by atoms with Crippen molar-refractivity contribution in [3.05, 3.63) is 70.8 Å². The van der Waals surface area contributed by atoms with E-state index in [0.29, 0.717) is 5.84 Å². The van der Waals surface area contributed by atoms with Crippen molar-refractivity contribution in [3.8, 4) is 0 Å². The Morgan fingerprint density at radius 2 is 1.84 bits per heavy atom. The molecule has 0 saturated heterocycles. The molecule has 3 heteroatoms. The van der Waals surface area contributed by atoms with Crippen molar-refractivity contribution < 1.29 is 0 Å². The summed E-state index contributed by atoms with van der Waals surface area (Å²) >= 11 is 0. The number of fused-ring (bicyclic) bond motifs is 1. The van der Waals surface area contributed by atoms with Gasteiger partial charge in [-0.05, 0) is 30.5 Å². The summed E-state index contributed by atoms with van der Waals surface area (Å²) in [7, 11) is 0. The Labute approximate surface area is 119 Å². The first-order valence-electron chi connectivity index (χ1n) is 6.22. The van der Waals surface area contributed by atoms with Gasteiger partial charge in [0.2, 0.25) is 0 Å². The highest BCUT2D eigenvalue weighted by Crippen LogP contribution is 2.29. The first kappa shape index (κ1) is 13.6. The quantitative estimate of drug-likeness (QED) is 0.849. The van der Waals surface area contributed by atoms with Crippen molar-refractivity contribution >= 4 is 18.2 Å². The van der Waals surface area contributed by atoms with Gasteiger partial charge in [-0.3, -0.25) is 4.99 Å². The number of hydrogen-bond acceptors (Lipinski definition) is 2. The minimum atomic E-state index is 0. The average Bonchev–Trinajstić information content (AvgIpc) is 2.40. The highest BCUT2D eigenvalue weighted by atomic mass is 35.5. The topological polar surface area (TPSA) is 38.4 Å². The molecule has 2 aromatic carbocycles. The Balaban J connectivity index is 0.00000133. The van der Waals surface area contributed by atoms with Gasteiger partial charge in [0.25, 0.3) is 0 Å². The molecule has 2 N–H and O–H groups in total. The van der Waals surface area contributed by atoms with Crippen LogP contribution in [0, 0.1) is 6.92 Å². The van der Waals surface area contributed by atoms with Gasteiger partial charge in [0.05, 0.1) is 6.04 Å². The molecule has 1 unspecified atom stereocenters. The zero-order chi connectivity index (χ0) is 12.5. The van der Waals surface area contributed by atoms with Crippen LogP contribution >= 0.6 is 12.4 Å². The van der Waals surface area contributed by atoms with Gasteiger partial charge in [0, 0.05) is 5.56 Å². The number of amidine groups is 1. The second kappa shape index (κ2) is 5.45. The monoisotopic (exact) mass is 272 g/mol. The van der Waals surface area contributed by atoms with Gasteiger partial charge in [-0.1, -0.05) is 48.0 Å². The number of rotatable bonds is 1. The molecule has 0 aromatic heterocycles. The van der Waals surface area contributed by atoms with Crippen molar-refractivity contribution in [2.75, 3.05) is 0 Å². The Hall–Kier alpha value is -1.80. The molecule has 0 bridgehead atoms. The van der Waals surface area contributed by atoms with Crippen LogP contribution in [0.15, 0.2) is 53.5 Å². The van der Waals surface area contributed by atoms with Gasteiger partial charge in [-0.25, -0.2) is 0 Å². The molecule has 98 valence electrons. The number of aryl methyl sites for hydroxylation is 1. The van der Waals surface area contributed by atoms with E-state index in [1.165, 1.54) is 16.7 Å². The van der Waals surface area contributed by atoms with Crippen LogP contribution in [-0.4, -0.2) is 5.84 Å². The van der Waals surface area contributed by atoms with Crippen LogP contribution < -0.4 is 5.73 Å². The van der Waals surface area contributed by atoms with Crippen molar-refractivity contribution in [2.45, 2.75) is 19.4 Å². The third-order valence-electron chi connectivity index (χ3n) is 3.43. The summed E-state index contributed by atoms with van der Waals surface area (Å²) in [4.78, 5) is 4.63. The van der Waals surface area contributed by atoms with E-state index in [1.807, 2.05) is 18.2 Å². The smallest absolute Gasteiger partial charge is 0.126 e. The fraction of sp³-hybridized carbons (Fsp3) is 0.188. The number of aliphatic imine (C=N–C) groups is 1. The van der Waals surface area contributed by atoms with E-state index in [-0.39, 0.29) is 18.4 Å².